The SMILES string of the molecule is O=CC(=O)Cc1ccc(Cc2ccc(F)cc2)o1. The van der Waals surface area contributed by atoms with E-state index >= 15 is 0 Å². The van der Waals surface area contributed by atoms with E-state index in [9.17, 15) is 14.0 Å². The number of benzene rings is 1. The Morgan fingerprint density at radius 3 is 2.44 bits per heavy atom. The van der Waals surface area contributed by atoms with Crippen LogP contribution in [-0.2, 0) is 22.4 Å². The number of Topliss-reactive ketones (excluding diaryl/α,β-unsaturated/α-hetero) is 1. The van der Waals surface area contributed by atoms with Crippen molar-refractivity contribution in [1.82, 2.24) is 0 Å². The van der Waals surface area contributed by atoms with Gasteiger partial charge in [0.2, 0.25) is 5.78 Å². The number of carbonyl (C=O) groups excluding carboxylic acids is 2. The molecule has 0 N–H and O–H groups in total. The first kappa shape index (κ1) is 12.2. The van der Waals surface area contributed by atoms with Crippen LogP contribution in [-0.4, -0.2) is 12.1 Å². The molecule has 92 valence electrons. The normalized spacial score (nSPS) is 10.3. The van der Waals surface area contributed by atoms with E-state index in [4.69, 9.17) is 4.42 Å². The van der Waals surface area contributed by atoms with Crippen LogP contribution in [0.1, 0.15) is 17.1 Å². The molecule has 0 spiro atoms. The van der Waals surface area contributed by atoms with Crippen LogP contribution in [0.5, 0.6) is 0 Å². The van der Waals surface area contributed by atoms with Gasteiger partial charge in [-0.15, -0.1) is 0 Å². The van der Waals surface area contributed by atoms with Crippen LogP contribution in [0.2, 0.25) is 0 Å². The monoisotopic (exact) mass is 246 g/mol. The minimum Gasteiger partial charge on any atom is -0.465 e. The molecule has 0 radical (unpaired) electrons. The highest BCUT2D eigenvalue weighted by Gasteiger charge is 2.07. The molecule has 1 heterocycles. The van der Waals surface area contributed by atoms with E-state index in [1.165, 1.54) is 12.1 Å². The summed E-state index contributed by atoms with van der Waals surface area (Å²) in [6, 6.07) is 9.53. The Labute approximate surface area is 103 Å². The number of furan rings is 1. The standard InChI is InChI=1S/C14H11FO3/c15-11-3-1-10(2-4-11)7-13-5-6-14(18-13)8-12(17)9-16/h1-6,9H,7-8H2. The van der Waals surface area contributed by atoms with Crippen molar-refractivity contribution in [2.24, 2.45) is 0 Å². The van der Waals surface area contributed by atoms with Crippen molar-refractivity contribution >= 4 is 12.1 Å². The minimum absolute atomic E-state index is 0.0209. The summed E-state index contributed by atoms with van der Waals surface area (Å²) in [5, 5.41) is 0. The number of hydrogen-bond acceptors (Lipinski definition) is 3. The molecule has 1 aromatic carbocycles. The Morgan fingerprint density at radius 2 is 1.78 bits per heavy atom. The van der Waals surface area contributed by atoms with E-state index in [0.29, 0.717) is 17.9 Å². The molecule has 1 aromatic heterocycles. The quantitative estimate of drug-likeness (QED) is 0.600. The van der Waals surface area contributed by atoms with Gasteiger partial charge in [0.25, 0.3) is 0 Å². The maximum Gasteiger partial charge on any atom is 0.202 e. The van der Waals surface area contributed by atoms with Gasteiger partial charge in [-0.3, -0.25) is 9.59 Å². The predicted molar refractivity (Wildman–Crippen MR) is 62.7 cm³/mol. The zero-order valence-electron chi connectivity index (χ0n) is 9.56. The van der Waals surface area contributed by atoms with Crippen LogP contribution in [0.4, 0.5) is 4.39 Å². The molecule has 18 heavy (non-hydrogen) atoms. The third kappa shape index (κ3) is 3.13. The first-order chi connectivity index (χ1) is 8.67. The lowest BCUT2D eigenvalue weighted by Crippen LogP contribution is -2.01. The first-order valence-electron chi connectivity index (χ1n) is 5.47. The second kappa shape index (κ2) is 5.40. The molecule has 0 bridgehead atoms. The van der Waals surface area contributed by atoms with Crippen molar-refractivity contribution in [3.8, 4) is 0 Å². The van der Waals surface area contributed by atoms with Gasteiger partial charge in [-0.1, -0.05) is 12.1 Å². The number of rotatable bonds is 5. The average Bonchev–Trinajstić information content (AvgIpc) is 2.79. The number of carbonyl (C=O) groups is 2. The zero-order chi connectivity index (χ0) is 13.0. The fourth-order valence-electron chi connectivity index (χ4n) is 1.63. The molecule has 0 atom stereocenters. The Hall–Kier alpha value is -2.23. The summed E-state index contributed by atoms with van der Waals surface area (Å²) in [4.78, 5) is 21.1. The maximum absolute atomic E-state index is 12.7. The van der Waals surface area contributed by atoms with Gasteiger partial charge in [0, 0.05) is 6.42 Å². The molecule has 0 saturated carbocycles. The highest BCUT2D eigenvalue weighted by molar-refractivity contribution is 6.25. The van der Waals surface area contributed by atoms with Gasteiger partial charge in [-0.25, -0.2) is 4.39 Å². The molecule has 0 aliphatic rings. The Balaban J connectivity index is 2.04. The number of halogens is 1. The highest BCUT2D eigenvalue weighted by atomic mass is 19.1. The van der Waals surface area contributed by atoms with Gasteiger partial charge in [-0.05, 0) is 29.8 Å². The van der Waals surface area contributed by atoms with Crippen molar-refractivity contribution in [2.45, 2.75) is 12.8 Å². The molecule has 0 saturated heterocycles. The lowest BCUT2D eigenvalue weighted by atomic mass is 10.1. The van der Waals surface area contributed by atoms with Crippen molar-refractivity contribution in [3.05, 3.63) is 59.3 Å². The van der Waals surface area contributed by atoms with Crippen LogP contribution >= 0.6 is 0 Å². The molecule has 3 nitrogen and oxygen atoms in total. The van der Waals surface area contributed by atoms with Crippen LogP contribution in [0, 0.1) is 5.82 Å². The van der Waals surface area contributed by atoms with Crippen molar-refractivity contribution in [3.63, 3.8) is 0 Å². The topological polar surface area (TPSA) is 47.3 Å². The molecule has 0 aliphatic heterocycles. The molecule has 0 amide bonds. The summed E-state index contributed by atoms with van der Waals surface area (Å²) in [5.41, 5.74) is 0.916. The van der Waals surface area contributed by atoms with Gasteiger partial charge in [0.05, 0.1) is 6.42 Å². The Morgan fingerprint density at radius 1 is 1.11 bits per heavy atom. The lowest BCUT2D eigenvalue weighted by Gasteiger charge is -1.98. The second-order valence-electron chi connectivity index (χ2n) is 3.93. The number of ketones is 1. The zero-order valence-corrected chi connectivity index (χ0v) is 9.56. The van der Waals surface area contributed by atoms with Crippen molar-refractivity contribution in [1.29, 1.82) is 0 Å². The fourth-order valence-corrected chi connectivity index (χ4v) is 1.63. The van der Waals surface area contributed by atoms with Crippen LogP contribution < -0.4 is 0 Å². The van der Waals surface area contributed by atoms with E-state index in [0.717, 1.165) is 5.56 Å². The average molecular weight is 246 g/mol. The smallest absolute Gasteiger partial charge is 0.202 e. The minimum atomic E-state index is -0.516. The summed E-state index contributed by atoms with van der Waals surface area (Å²) < 4.78 is 18.1. The second-order valence-corrected chi connectivity index (χ2v) is 3.93. The van der Waals surface area contributed by atoms with Crippen molar-refractivity contribution in [2.75, 3.05) is 0 Å². The molecule has 0 unspecified atom stereocenters. The maximum atomic E-state index is 12.7. The van der Waals surface area contributed by atoms with Crippen LogP contribution in [0.3, 0.4) is 0 Å². The molecule has 4 heteroatoms. The fraction of sp³-hybridized carbons (Fsp3) is 0.143. The Kier molecular flexibility index (Phi) is 3.67. The third-order valence-electron chi connectivity index (χ3n) is 2.49. The summed E-state index contributed by atoms with van der Waals surface area (Å²) >= 11 is 0. The van der Waals surface area contributed by atoms with Gasteiger partial charge in [0.15, 0.2) is 6.29 Å². The van der Waals surface area contributed by atoms with E-state index in [2.05, 4.69) is 0 Å². The van der Waals surface area contributed by atoms with Gasteiger partial charge in [0.1, 0.15) is 17.3 Å². The van der Waals surface area contributed by atoms with E-state index in [1.807, 2.05) is 0 Å². The molecular weight excluding hydrogens is 235 g/mol. The first-order valence-corrected chi connectivity index (χ1v) is 5.47. The molecule has 2 rings (SSSR count). The van der Waals surface area contributed by atoms with Crippen LogP contribution in [0.25, 0.3) is 0 Å². The van der Waals surface area contributed by atoms with Gasteiger partial charge >= 0.3 is 0 Å². The van der Waals surface area contributed by atoms with E-state index in [-0.39, 0.29) is 18.5 Å². The number of aldehydes is 1. The van der Waals surface area contributed by atoms with Crippen molar-refractivity contribution < 1.29 is 18.4 Å². The van der Waals surface area contributed by atoms with E-state index in [1.54, 1.807) is 24.3 Å². The highest BCUT2D eigenvalue weighted by Crippen LogP contribution is 2.14. The van der Waals surface area contributed by atoms with E-state index < -0.39 is 5.78 Å². The molecule has 0 aliphatic carbocycles. The predicted octanol–water partition coefficient (Wildman–Crippen LogP) is 2.32. The summed E-state index contributed by atoms with van der Waals surface area (Å²) in [7, 11) is 0. The summed E-state index contributed by atoms with van der Waals surface area (Å²) in [5.74, 6) is 0.340. The lowest BCUT2D eigenvalue weighted by molar-refractivity contribution is -0.129. The largest absolute Gasteiger partial charge is 0.465 e. The number of hydrogen-bond donors (Lipinski definition) is 0. The van der Waals surface area contributed by atoms with Crippen LogP contribution in [0.15, 0.2) is 40.8 Å². The molecule has 0 fully saturated rings. The third-order valence-corrected chi connectivity index (χ3v) is 2.49. The van der Waals surface area contributed by atoms with Gasteiger partial charge in [-0.2, -0.15) is 0 Å². The van der Waals surface area contributed by atoms with Gasteiger partial charge < -0.3 is 4.42 Å². The summed E-state index contributed by atoms with van der Waals surface area (Å²) in [6.45, 7) is 0. The summed E-state index contributed by atoms with van der Waals surface area (Å²) in [6.07, 6.45) is 0.782. The molecular formula is C14H11FO3. The molecule has 2 aromatic rings. The Bertz CT molecular complexity index is 555.